The lowest BCUT2D eigenvalue weighted by Crippen LogP contribution is -2.41. The molecule has 1 aromatic rings. The second kappa shape index (κ2) is 6.58. The molecule has 2 heterocycles. The van der Waals surface area contributed by atoms with Crippen molar-refractivity contribution in [2.24, 2.45) is 11.8 Å². The second-order valence-electron chi connectivity index (χ2n) is 6.51. The van der Waals surface area contributed by atoms with Gasteiger partial charge in [-0.15, -0.1) is 0 Å². The lowest BCUT2D eigenvalue weighted by Gasteiger charge is -2.33. The van der Waals surface area contributed by atoms with E-state index in [2.05, 4.69) is 27.0 Å². The molecular formula is C16H26N4O. The van der Waals surface area contributed by atoms with Crippen LogP contribution in [0.25, 0.3) is 0 Å². The van der Waals surface area contributed by atoms with Gasteiger partial charge in [0, 0.05) is 31.8 Å². The number of amides is 1. The average molecular weight is 290 g/mol. The van der Waals surface area contributed by atoms with Gasteiger partial charge in [-0.25, -0.2) is 4.98 Å². The van der Waals surface area contributed by atoms with Crippen molar-refractivity contribution in [3.05, 3.63) is 11.6 Å². The number of likely N-dealkylation sites (tertiary alicyclic amines) is 1. The molecule has 3 rings (SSSR count). The number of rotatable bonds is 4. The first-order chi connectivity index (χ1) is 10.3. The van der Waals surface area contributed by atoms with Gasteiger partial charge in [0.15, 0.2) is 0 Å². The van der Waals surface area contributed by atoms with E-state index < -0.39 is 0 Å². The van der Waals surface area contributed by atoms with E-state index in [4.69, 9.17) is 0 Å². The van der Waals surface area contributed by atoms with E-state index in [0.29, 0.717) is 17.7 Å². The predicted molar refractivity (Wildman–Crippen MR) is 80.7 cm³/mol. The average Bonchev–Trinajstić information content (AvgIpc) is 3.19. The van der Waals surface area contributed by atoms with Crippen LogP contribution in [-0.2, 0) is 17.6 Å². The third-order valence-electron chi connectivity index (χ3n) is 5.01. The topological polar surface area (TPSA) is 61.9 Å². The second-order valence-corrected chi connectivity index (χ2v) is 6.51. The first-order valence-corrected chi connectivity index (χ1v) is 8.45. The van der Waals surface area contributed by atoms with Crippen LogP contribution in [0, 0.1) is 11.8 Å². The Hall–Kier alpha value is -1.39. The minimum absolute atomic E-state index is 0.322. The summed E-state index contributed by atoms with van der Waals surface area (Å²) in [7, 11) is 0. The zero-order valence-electron chi connectivity index (χ0n) is 13.0. The number of hydrogen-bond donors (Lipinski definition) is 1. The molecule has 5 nitrogen and oxygen atoms in total. The molecule has 0 radical (unpaired) electrons. The standard InChI is InChI=1S/C16H26N4O/c1-2-14-17-15(19-18-14)11-12-7-9-20(10-8-12)16(21)13-5-3-4-6-13/h12-13H,2-11H2,1H3,(H,17,18,19). The van der Waals surface area contributed by atoms with Crippen LogP contribution in [0.4, 0.5) is 0 Å². The van der Waals surface area contributed by atoms with E-state index in [9.17, 15) is 4.79 Å². The Morgan fingerprint density at radius 1 is 1.24 bits per heavy atom. The molecule has 1 aliphatic heterocycles. The van der Waals surface area contributed by atoms with Crippen molar-refractivity contribution in [2.75, 3.05) is 13.1 Å². The SMILES string of the molecule is CCc1n[nH]c(CC2CCN(C(=O)C3CCCC3)CC2)n1. The van der Waals surface area contributed by atoms with E-state index in [1.807, 2.05) is 0 Å². The lowest BCUT2D eigenvalue weighted by atomic mass is 9.92. The molecule has 1 aromatic heterocycles. The van der Waals surface area contributed by atoms with Crippen LogP contribution < -0.4 is 0 Å². The smallest absolute Gasteiger partial charge is 0.225 e. The number of carbonyl (C=O) groups is 1. The Kier molecular flexibility index (Phi) is 4.56. The third kappa shape index (κ3) is 3.44. The molecule has 1 aliphatic carbocycles. The highest BCUT2D eigenvalue weighted by molar-refractivity contribution is 5.79. The van der Waals surface area contributed by atoms with Gasteiger partial charge in [0.2, 0.25) is 5.91 Å². The zero-order chi connectivity index (χ0) is 14.7. The number of nitrogens with one attached hydrogen (secondary N) is 1. The molecule has 0 unspecified atom stereocenters. The maximum Gasteiger partial charge on any atom is 0.225 e. The summed E-state index contributed by atoms with van der Waals surface area (Å²) >= 11 is 0. The quantitative estimate of drug-likeness (QED) is 0.926. The molecule has 1 saturated carbocycles. The summed E-state index contributed by atoms with van der Waals surface area (Å²) in [6.45, 7) is 3.92. The predicted octanol–water partition coefficient (Wildman–Crippen LogP) is 2.34. The molecule has 0 aromatic carbocycles. The van der Waals surface area contributed by atoms with E-state index >= 15 is 0 Å². The maximum absolute atomic E-state index is 12.4. The van der Waals surface area contributed by atoms with Gasteiger partial charge in [0.1, 0.15) is 11.6 Å². The van der Waals surface area contributed by atoms with E-state index in [1.54, 1.807) is 0 Å². The van der Waals surface area contributed by atoms with Gasteiger partial charge in [-0.3, -0.25) is 9.89 Å². The molecule has 0 atom stereocenters. The maximum atomic E-state index is 12.4. The summed E-state index contributed by atoms with van der Waals surface area (Å²) in [5, 5.41) is 7.24. The number of nitrogens with zero attached hydrogens (tertiary/aromatic N) is 3. The fourth-order valence-corrected chi connectivity index (χ4v) is 3.65. The van der Waals surface area contributed by atoms with E-state index in [-0.39, 0.29) is 0 Å². The normalized spacial score (nSPS) is 21.1. The number of aromatic nitrogens is 3. The number of aryl methyl sites for hydroxylation is 1. The number of piperidine rings is 1. The van der Waals surface area contributed by atoms with Crippen LogP contribution in [0.2, 0.25) is 0 Å². The van der Waals surface area contributed by atoms with Gasteiger partial charge in [0.25, 0.3) is 0 Å². The number of carbonyl (C=O) groups excluding carboxylic acids is 1. The van der Waals surface area contributed by atoms with Crippen molar-refractivity contribution in [2.45, 2.75) is 58.3 Å². The summed E-state index contributed by atoms with van der Waals surface area (Å²) < 4.78 is 0. The van der Waals surface area contributed by atoms with Crippen molar-refractivity contribution in [3.8, 4) is 0 Å². The minimum atomic E-state index is 0.322. The molecule has 21 heavy (non-hydrogen) atoms. The van der Waals surface area contributed by atoms with Crippen molar-refractivity contribution in [1.82, 2.24) is 20.1 Å². The molecule has 5 heteroatoms. The van der Waals surface area contributed by atoms with Gasteiger partial charge >= 0.3 is 0 Å². The van der Waals surface area contributed by atoms with Crippen LogP contribution in [0.5, 0.6) is 0 Å². The van der Waals surface area contributed by atoms with Crippen LogP contribution >= 0.6 is 0 Å². The number of hydrogen-bond acceptors (Lipinski definition) is 3. The Balaban J connectivity index is 1.47. The highest BCUT2D eigenvalue weighted by atomic mass is 16.2. The first-order valence-electron chi connectivity index (χ1n) is 8.45. The van der Waals surface area contributed by atoms with Crippen molar-refractivity contribution < 1.29 is 4.79 Å². The van der Waals surface area contributed by atoms with Crippen molar-refractivity contribution in [3.63, 3.8) is 0 Å². The van der Waals surface area contributed by atoms with Gasteiger partial charge in [0.05, 0.1) is 0 Å². The summed E-state index contributed by atoms with van der Waals surface area (Å²) in [4.78, 5) is 19.0. The molecule has 116 valence electrons. The van der Waals surface area contributed by atoms with E-state index in [0.717, 1.165) is 63.3 Å². The monoisotopic (exact) mass is 290 g/mol. The highest BCUT2D eigenvalue weighted by Crippen LogP contribution is 2.29. The Morgan fingerprint density at radius 3 is 2.57 bits per heavy atom. The van der Waals surface area contributed by atoms with Crippen molar-refractivity contribution in [1.29, 1.82) is 0 Å². The number of H-pyrrole nitrogens is 1. The zero-order valence-corrected chi connectivity index (χ0v) is 13.0. The summed E-state index contributed by atoms with van der Waals surface area (Å²) in [6.07, 6.45) is 8.73. The van der Waals surface area contributed by atoms with Crippen LogP contribution in [-0.4, -0.2) is 39.1 Å². The number of aromatic amines is 1. The van der Waals surface area contributed by atoms with Crippen LogP contribution in [0.1, 0.15) is 57.1 Å². The summed E-state index contributed by atoms with van der Waals surface area (Å²) in [5.41, 5.74) is 0. The fourth-order valence-electron chi connectivity index (χ4n) is 3.65. The highest BCUT2D eigenvalue weighted by Gasteiger charge is 2.30. The van der Waals surface area contributed by atoms with Gasteiger partial charge in [-0.1, -0.05) is 19.8 Å². The van der Waals surface area contributed by atoms with Crippen molar-refractivity contribution >= 4 is 5.91 Å². The lowest BCUT2D eigenvalue weighted by molar-refractivity contribution is -0.136. The molecule has 1 saturated heterocycles. The minimum Gasteiger partial charge on any atom is -0.342 e. The van der Waals surface area contributed by atoms with Gasteiger partial charge in [-0.2, -0.15) is 5.10 Å². The summed E-state index contributed by atoms with van der Waals surface area (Å²) in [5.74, 6) is 3.28. The van der Waals surface area contributed by atoms with E-state index in [1.165, 1.54) is 12.8 Å². The molecule has 2 fully saturated rings. The Labute approximate surface area is 126 Å². The first kappa shape index (κ1) is 14.5. The summed E-state index contributed by atoms with van der Waals surface area (Å²) in [6, 6.07) is 0. The molecule has 2 aliphatic rings. The Morgan fingerprint density at radius 2 is 1.95 bits per heavy atom. The Bertz CT molecular complexity index is 470. The van der Waals surface area contributed by atoms with Gasteiger partial charge < -0.3 is 4.90 Å². The molecule has 0 spiro atoms. The van der Waals surface area contributed by atoms with Gasteiger partial charge in [-0.05, 0) is 31.6 Å². The molecule has 1 N–H and O–H groups in total. The molecular weight excluding hydrogens is 264 g/mol. The third-order valence-corrected chi connectivity index (χ3v) is 5.01. The molecule has 1 amide bonds. The fraction of sp³-hybridized carbons (Fsp3) is 0.812. The van der Waals surface area contributed by atoms with Crippen LogP contribution in [0.3, 0.4) is 0 Å². The largest absolute Gasteiger partial charge is 0.342 e. The molecule has 0 bridgehead atoms. The van der Waals surface area contributed by atoms with Crippen LogP contribution in [0.15, 0.2) is 0 Å².